The number of hydrogen-bond donors (Lipinski definition) is 0. The van der Waals surface area contributed by atoms with Gasteiger partial charge in [-0.2, -0.15) is 10.2 Å². The number of carbonyl (C=O) groups is 1. The van der Waals surface area contributed by atoms with Crippen LogP contribution in [-0.2, 0) is 17.7 Å². The highest BCUT2D eigenvalue weighted by Crippen LogP contribution is 2.29. The van der Waals surface area contributed by atoms with E-state index in [9.17, 15) is 10.1 Å². The molecule has 0 atom stereocenters. The molecule has 2 heterocycles. The van der Waals surface area contributed by atoms with E-state index in [-0.39, 0.29) is 12.2 Å². The van der Waals surface area contributed by atoms with Gasteiger partial charge in [-0.1, -0.05) is 17.3 Å². The molecule has 0 aliphatic carbocycles. The summed E-state index contributed by atoms with van der Waals surface area (Å²) in [5.41, 5.74) is 3.61. The zero-order valence-corrected chi connectivity index (χ0v) is 20.8. The van der Waals surface area contributed by atoms with Gasteiger partial charge in [0.15, 0.2) is 0 Å². The number of aromatic nitrogens is 2. The van der Waals surface area contributed by atoms with Gasteiger partial charge in [0, 0.05) is 24.2 Å². The maximum Gasteiger partial charge on any atom is 0.410 e. The van der Waals surface area contributed by atoms with Gasteiger partial charge in [0.2, 0.25) is 5.82 Å². The standard InChI is InChI=1S/C27H30N4O4/c1-17(2)33-23-11-10-20(14-22(23)15-28)25-29-24(30-35-25)19-8-9-21-16-31(12-6-7-18(21)13-19)26(32)34-27(3,4)5/h8-11,13-14,17H,6-7,12,16H2,1-5H3. The Morgan fingerprint density at radius 3 is 2.63 bits per heavy atom. The van der Waals surface area contributed by atoms with Crippen molar-refractivity contribution in [2.45, 2.75) is 65.7 Å². The van der Waals surface area contributed by atoms with Gasteiger partial charge in [-0.15, -0.1) is 0 Å². The maximum atomic E-state index is 12.6. The molecule has 1 aliphatic heterocycles. The molecule has 182 valence electrons. The highest BCUT2D eigenvalue weighted by Gasteiger charge is 2.25. The van der Waals surface area contributed by atoms with Crippen LogP contribution in [0.1, 0.15) is 57.7 Å². The van der Waals surface area contributed by atoms with E-state index in [0.29, 0.717) is 41.7 Å². The highest BCUT2D eigenvalue weighted by molar-refractivity contribution is 5.69. The van der Waals surface area contributed by atoms with Crippen LogP contribution in [0.2, 0.25) is 0 Å². The molecular weight excluding hydrogens is 444 g/mol. The second-order valence-corrected chi connectivity index (χ2v) is 9.90. The van der Waals surface area contributed by atoms with Crippen molar-refractivity contribution in [2.75, 3.05) is 6.54 Å². The third kappa shape index (κ3) is 5.80. The predicted octanol–water partition coefficient (Wildman–Crippen LogP) is 5.75. The zero-order chi connectivity index (χ0) is 25.2. The largest absolute Gasteiger partial charge is 0.490 e. The molecule has 2 aromatic carbocycles. The van der Waals surface area contributed by atoms with E-state index in [4.69, 9.17) is 14.0 Å². The fraction of sp³-hybridized carbons (Fsp3) is 0.407. The van der Waals surface area contributed by atoms with Crippen LogP contribution in [0, 0.1) is 11.3 Å². The number of aryl methyl sites for hydroxylation is 1. The van der Waals surface area contributed by atoms with Gasteiger partial charge in [-0.05, 0) is 82.9 Å². The van der Waals surface area contributed by atoms with Crippen LogP contribution in [-0.4, -0.2) is 39.4 Å². The summed E-state index contributed by atoms with van der Waals surface area (Å²) < 4.78 is 16.8. The molecule has 1 aromatic heterocycles. The Morgan fingerprint density at radius 1 is 1.14 bits per heavy atom. The fourth-order valence-electron chi connectivity index (χ4n) is 3.94. The van der Waals surface area contributed by atoms with E-state index < -0.39 is 5.60 Å². The molecule has 1 amide bonds. The van der Waals surface area contributed by atoms with Gasteiger partial charge < -0.3 is 18.9 Å². The molecule has 0 unspecified atom stereocenters. The SMILES string of the molecule is CC(C)Oc1ccc(-c2nc(-c3ccc4c(c3)CCCN(C(=O)OC(C)(C)C)C4)no2)cc1C#N. The number of nitriles is 1. The minimum Gasteiger partial charge on any atom is -0.490 e. The van der Waals surface area contributed by atoms with Gasteiger partial charge in [0.1, 0.15) is 17.4 Å². The Hall–Kier alpha value is -3.86. The minimum atomic E-state index is -0.526. The van der Waals surface area contributed by atoms with Crippen LogP contribution >= 0.6 is 0 Å². The number of nitrogens with zero attached hydrogens (tertiary/aromatic N) is 4. The molecule has 35 heavy (non-hydrogen) atoms. The summed E-state index contributed by atoms with van der Waals surface area (Å²) in [5, 5.41) is 13.7. The first-order chi connectivity index (χ1) is 16.6. The van der Waals surface area contributed by atoms with Crippen molar-refractivity contribution in [3.05, 3.63) is 53.1 Å². The third-order valence-corrected chi connectivity index (χ3v) is 5.49. The highest BCUT2D eigenvalue weighted by atomic mass is 16.6. The van der Waals surface area contributed by atoms with Crippen molar-refractivity contribution < 1.29 is 18.8 Å². The van der Waals surface area contributed by atoms with Crippen molar-refractivity contribution in [1.29, 1.82) is 5.26 Å². The van der Waals surface area contributed by atoms with E-state index in [1.165, 1.54) is 0 Å². The van der Waals surface area contributed by atoms with Gasteiger partial charge in [0.25, 0.3) is 5.89 Å². The maximum absolute atomic E-state index is 12.6. The average Bonchev–Trinajstić information content (AvgIpc) is 3.18. The summed E-state index contributed by atoms with van der Waals surface area (Å²) >= 11 is 0. The molecule has 8 heteroatoms. The van der Waals surface area contributed by atoms with Crippen molar-refractivity contribution in [3.63, 3.8) is 0 Å². The van der Waals surface area contributed by atoms with Crippen molar-refractivity contribution in [3.8, 4) is 34.7 Å². The van der Waals surface area contributed by atoms with Crippen molar-refractivity contribution in [2.24, 2.45) is 0 Å². The third-order valence-electron chi connectivity index (χ3n) is 5.49. The van der Waals surface area contributed by atoms with Crippen LogP contribution in [0.15, 0.2) is 40.9 Å². The Labute approximate surface area is 205 Å². The van der Waals surface area contributed by atoms with Crippen molar-refractivity contribution >= 4 is 6.09 Å². The summed E-state index contributed by atoms with van der Waals surface area (Å²) in [4.78, 5) is 18.9. The molecule has 0 radical (unpaired) electrons. The lowest BCUT2D eigenvalue weighted by molar-refractivity contribution is 0.0237. The summed E-state index contributed by atoms with van der Waals surface area (Å²) in [6, 6.07) is 13.4. The summed E-state index contributed by atoms with van der Waals surface area (Å²) in [6.45, 7) is 10.6. The quantitative estimate of drug-likeness (QED) is 0.475. The number of fused-ring (bicyclic) bond motifs is 1. The molecule has 3 aromatic rings. The second-order valence-electron chi connectivity index (χ2n) is 9.90. The summed E-state index contributed by atoms with van der Waals surface area (Å²) in [6.07, 6.45) is 1.36. The first-order valence-electron chi connectivity index (χ1n) is 11.8. The van der Waals surface area contributed by atoms with Crippen LogP contribution in [0.5, 0.6) is 5.75 Å². The predicted molar refractivity (Wildman–Crippen MR) is 131 cm³/mol. The Kier molecular flexibility index (Phi) is 6.79. The number of amides is 1. The number of benzene rings is 2. The zero-order valence-electron chi connectivity index (χ0n) is 20.8. The van der Waals surface area contributed by atoms with Crippen LogP contribution in [0.3, 0.4) is 0 Å². The molecule has 0 saturated heterocycles. The Balaban J connectivity index is 1.55. The minimum absolute atomic E-state index is 0.0348. The van der Waals surface area contributed by atoms with Gasteiger partial charge in [-0.25, -0.2) is 4.79 Å². The lowest BCUT2D eigenvalue weighted by Crippen LogP contribution is -2.36. The number of rotatable bonds is 4. The molecule has 0 bridgehead atoms. The number of carbonyl (C=O) groups excluding carboxylic acids is 1. The van der Waals surface area contributed by atoms with Crippen LogP contribution < -0.4 is 4.74 Å². The molecule has 0 spiro atoms. The van der Waals surface area contributed by atoms with E-state index in [2.05, 4.69) is 22.3 Å². The summed E-state index contributed by atoms with van der Waals surface area (Å²) in [5.74, 6) is 1.33. The van der Waals surface area contributed by atoms with Crippen molar-refractivity contribution in [1.82, 2.24) is 15.0 Å². The van der Waals surface area contributed by atoms with Crippen LogP contribution in [0.25, 0.3) is 22.8 Å². The Bertz CT molecular complexity index is 1270. The smallest absolute Gasteiger partial charge is 0.410 e. The van der Waals surface area contributed by atoms with Gasteiger partial charge in [0.05, 0.1) is 11.7 Å². The lowest BCUT2D eigenvalue weighted by Gasteiger charge is -2.26. The monoisotopic (exact) mass is 474 g/mol. The van der Waals surface area contributed by atoms with E-state index in [0.717, 1.165) is 29.5 Å². The van der Waals surface area contributed by atoms with Gasteiger partial charge in [-0.3, -0.25) is 0 Å². The van der Waals surface area contributed by atoms with Gasteiger partial charge >= 0.3 is 6.09 Å². The molecule has 0 fully saturated rings. The number of hydrogen-bond acceptors (Lipinski definition) is 7. The lowest BCUT2D eigenvalue weighted by atomic mass is 10.0. The first-order valence-corrected chi connectivity index (χ1v) is 11.8. The Morgan fingerprint density at radius 2 is 1.91 bits per heavy atom. The fourth-order valence-corrected chi connectivity index (χ4v) is 3.94. The van der Waals surface area contributed by atoms with E-state index in [1.54, 1.807) is 23.1 Å². The number of ether oxygens (including phenoxy) is 2. The van der Waals surface area contributed by atoms with E-state index in [1.807, 2.05) is 46.8 Å². The second kappa shape index (κ2) is 9.79. The average molecular weight is 475 g/mol. The molecule has 0 N–H and O–H groups in total. The molecule has 0 saturated carbocycles. The topological polar surface area (TPSA) is 101 Å². The first kappa shape index (κ1) is 24.3. The molecule has 1 aliphatic rings. The summed E-state index contributed by atoms with van der Waals surface area (Å²) in [7, 11) is 0. The molecule has 4 rings (SSSR count). The normalized spacial score (nSPS) is 13.7. The molecular formula is C27H30N4O4. The van der Waals surface area contributed by atoms with E-state index >= 15 is 0 Å². The molecule has 8 nitrogen and oxygen atoms in total. The van der Waals surface area contributed by atoms with Crippen LogP contribution in [0.4, 0.5) is 4.79 Å².